The number of aromatic hydroxyl groups is 1. The van der Waals surface area contributed by atoms with E-state index < -0.39 is 6.10 Å². The van der Waals surface area contributed by atoms with Gasteiger partial charge in [-0.05, 0) is 37.8 Å². The number of ether oxygens (including phenoxy) is 1. The Bertz CT molecular complexity index is 446. The number of amides is 1. The molecule has 4 nitrogen and oxygen atoms in total. The van der Waals surface area contributed by atoms with Crippen LogP contribution in [-0.2, 0) is 9.53 Å². The average molecular weight is 270 g/mol. The van der Waals surface area contributed by atoms with E-state index in [2.05, 4.69) is 5.32 Å². The maximum Gasteiger partial charge on any atom is 0.253 e. The highest BCUT2D eigenvalue weighted by Gasteiger charge is 2.24. The first-order valence-electron chi connectivity index (χ1n) is 5.97. The molecule has 1 fully saturated rings. The first-order valence-corrected chi connectivity index (χ1v) is 6.35. The fourth-order valence-electron chi connectivity index (χ4n) is 1.49. The summed E-state index contributed by atoms with van der Waals surface area (Å²) in [7, 11) is 0. The smallest absolute Gasteiger partial charge is 0.253 e. The van der Waals surface area contributed by atoms with Gasteiger partial charge in [0.05, 0.1) is 12.3 Å². The third-order valence-corrected chi connectivity index (χ3v) is 3.10. The van der Waals surface area contributed by atoms with Crippen LogP contribution < -0.4 is 5.32 Å². The Morgan fingerprint density at radius 3 is 2.94 bits per heavy atom. The number of rotatable bonds is 5. The lowest BCUT2D eigenvalue weighted by Crippen LogP contribution is -2.28. The molecule has 0 unspecified atom stereocenters. The summed E-state index contributed by atoms with van der Waals surface area (Å²) in [5, 5.41) is 12.6. The van der Waals surface area contributed by atoms with Crippen LogP contribution >= 0.6 is 11.6 Å². The van der Waals surface area contributed by atoms with Gasteiger partial charge in [-0.2, -0.15) is 0 Å². The van der Waals surface area contributed by atoms with Crippen molar-refractivity contribution in [3.05, 3.63) is 23.2 Å². The minimum Gasteiger partial charge on any atom is -0.506 e. The molecule has 98 valence electrons. The number of carbonyl (C=O) groups excluding carboxylic acids is 1. The second-order valence-corrected chi connectivity index (χ2v) is 5.01. The molecule has 0 aliphatic heterocycles. The predicted octanol–water partition coefficient (Wildman–Crippen LogP) is 2.80. The number of phenolic OH excluding ortho intramolecular Hbond substituents is 1. The highest BCUT2D eigenvalue weighted by molar-refractivity contribution is 6.30. The Morgan fingerprint density at radius 2 is 2.33 bits per heavy atom. The van der Waals surface area contributed by atoms with Crippen LogP contribution in [0, 0.1) is 5.92 Å². The molecule has 0 aromatic heterocycles. The van der Waals surface area contributed by atoms with Crippen LogP contribution in [-0.4, -0.2) is 23.7 Å². The van der Waals surface area contributed by atoms with Crippen molar-refractivity contribution in [3.63, 3.8) is 0 Å². The maximum atomic E-state index is 11.8. The number of carbonyl (C=O) groups is 1. The molecule has 18 heavy (non-hydrogen) atoms. The van der Waals surface area contributed by atoms with Crippen molar-refractivity contribution in [2.45, 2.75) is 25.9 Å². The first-order chi connectivity index (χ1) is 8.56. The van der Waals surface area contributed by atoms with Crippen LogP contribution in [0.25, 0.3) is 0 Å². The summed E-state index contributed by atoms with van der Waals surface area (Å²) >= 11 is 5.71. The summed E-state index contributed by atoms with van der Waals surface area (Å²) in [5.41, 5.74) is 0.339. The largest absolute Gasteiger partial charge is 0.506 e. The van der Waals surface area contributed by atoms with Gasteiger partial charge in [0.1, 0.15) is 11.9 Å². The Hall–Kier alpha value is -1.26. The molecule has 0 spiro atoms. The van der Waals surface area contributed by atoms with E-state index in [0.29, 0.717) is 23.2 Å². The molecule has 1 amide bonds. The lowest BCUT2D eigenvalue weighted by Gasteiger charge is -2.13. The Labute approximate surface area is 111 Å². The zero-order chi connectivity index (χ0) is 13.1. The highest BCUT2D eigenvalue weighted by atomic mass is 35.5. The van der Waals surface area contributed by atoms with Crippen molar-refractivity contribution in [2.75, 3.05) is 11.9 Å². The second-order valence-electron chi connectivity index (χ2n) is 4.57. The topological polar surface area (TPSA) is 58.6 Å². The minimum absolute atomic E-state index is 0.0507. The third kappa shape index (κ3) is 3.62. The summed E-state index contributed by atoms with van der Waals surface area (Å²) in [6.45, 7) is 2.33. The Morgan fingerprint density at radius 1 is 1.61 bits per heavy atom. The van der Waals surface area contributed by atoms with E-state index in [1.54, 1.807) is 19.1 Å². The van der Waals surface area contributed by atoms with Gasteiger partial charge in [-0.1, -0.05) is 11.6 Å². The molecule has 2 N–H and O–H groups in total. The number of hydrogen-bond donors (Lipinski definition) is 2. The van der Waals surface area contributed by atoms with E-state index in [0.717, 1.165) is 0 Å². The quantitative estimate of drug-likeness (QED) is 0.808. The van der Waals surface area contributed by atoms with Gasteiger partial charge in [-0.25, -0.2) is 0 Å². The van der Waals surface area contributed by atoms with Gasteiger partial charge in [-0.3, -0.25) is 4.79 Å². The van der Waals surface area contributed by atoms with Gasteiger partial charge < -0.3 is 15.2 Å². The lowest BCUT2D eigenvalue weighted by atomic mass is 10.2. The van der Waals surface area contributed by atoms with Crippen molar-refractivity contribution in [1.82, 2.24) is 0 Å². The highest BCUT2D eigenvalue weighted by Crippen LogP contribution is 2.29. The molecule has 0 radical (unpaired) electrons. The van der Waals surface area contributed by atoms with E-state index in [1.165, 1.54) is 18.9 Å². The fraction of sp³-hybridized carbons (Fsp3) is 0.462. The third-order valence-electron chi connectivity index (χ3n) is 2.87. The van der Waals surface area contributed by atoms with E-state index in [4.69, 9.17) is 16.3 Å². The van der Waals surface area contributed by atoms with Crippen LogP contribution in [0.3, 0.4) is 0 Å². The first kappa shape index (κ1) is 13.2. The summed E-state index contributed by atoms with van der Waals surface area (Å²) < 4.78 is 5.44. The molecule has 1 aliphatic rings. The number of anilines is 1. The van der Waals surface area contributed by atoms with Crippen LogP contribution in [0.1, 0.15) is 19.8 Å². The zero-order valence-corrected chi connectivity index (χ0v) is 10.9. The van der Waals surface area contributed by atoms with Gasteiger partial charge in [0.2, 0.25) is 0 Å². The van der Waals surface area contributed by atoms with Crippen molar-refractivity contribution in [1.29, 1.82) is 0 Å². The molecule has 1 aromatic carbocycles. The summed E-state index contributed by atoms with van der Waals surface area (Å²) in [4.78, 5) is 11.8. The van der Waals surface area contributed by atoms with E-state index in [1.807, 2.05) is 0 Å². The summed E-state index contributed by atoms with van der Waals surface area (Å²) in [5.74, 6) is 0.294. The molecular formula is C13H16ClNO3. The van der Waals surface area contributed by atoms with Gasteiger partial charge in [0, 0.05) is 11.1 Å². The molecule has 1 aliphatic carbocycles. The second kappa shape index (κ2) is 5.59. The van der Waals surface area contributed by atoms with E-state index in [9.17, 15) is 9.90 Å². The molecule has 0 bridgehead atoms. The normalized spacial score (nSPS) is 16.3. The number of benzene rings is 1. The van der Waals surface area contributed by atoms with Gasteiger partial charge in [0.15, 0.2) is 0 Å². The minimum atomic E-state index is -0.527. The molecule has 2 rings (SSSR count). The molecule has 5 heteroatoms. The van der Waals surface area contributed by atoms with Crippen LogP contribution in [0.4, 0.5) is 5.69 Å². The molecule has 0 saturated heterocycles. The SMILES string of the molecule is C[C@@H](OCC1CC1)C(=O)Nc1ccc(Cl)cc1O. The number of phenols is 1. The Kier molecular flexibility index (Phi) is 4.09. The van der Waals surface area contributed by atoms with Gasteiger partial charge in [-0.15, -0.1) is 0 Å². The van der Waals surface area contributed by atoms with E-state index in [-0.39, 0.29) is 11.7 Å². The van der Waals surface area contributed by atoms with Crippen LogP contribution in [0.15, 0.2) is 18.2 Å². The average Bonchev–Trinajstić information content (AvgIpc) is 3.13. The van der Waals surface area contributed by atoms with Gasteiger partial charge in [0.25, 0.3) is 5.91 Å². The zero-order valence-electron chi connectivity index (χ0n) is 10.1. The van der Waals surface area contributed by atoms with Crippen molar-refractivity contribution < 1.29 is 14.6 Å². The molecule has 1 atom stereocenters. The predicted molar refractivity (Wildman–Crippen MR) is 69.9 cm³/mol. The van der Waals surface area contributed by atoms with E-state index >= 15 is 0 Å². The molecule has 1 aromatic rings. The number of hydrogen-bond acceptors (Lipinski definition) is 3. The van der Waals surface area contributed by atoms with Crippen molar-refractivity contribution >= 4 is 23.2 Å². The molecular weight excluding hydrogens is 254 g/mol. The molecule has 0 heterocycles. The monoisotopic (exact) mass is 269 g/mol. The fourth-order valence-corrected chi connectivity index (χ4v) is 1.65. The summed E-state index contributed by atoms with van der Waals surface area (Å²) in [6, 6.07) is 4.54. The molecule has 1 saturated carbocycles. The maximum absolute atomic E-state index is 11.8. The lowest BCUT2D eigenvalue weighted by molar-refractivity contribution is -0.126. The summed E-state index contributed by atoms with van der Waals surface area (Å²) in [6.07, 6.45) is 1.85. The van der Waals surface area contributed by atoms with Crippen LogP contribution in [0.5, 0.6) is 5.75 Å². The number of halogens is 1. The van der Waals surface area contributed by atoms with Crippen molar-refractivity contribution in [3.8, 4) is 5.75 Å². The standard InChI is InChI=1S/C13H16ClNO3/c1-8(18-7-9-2-3-9)13(17)15-11-5-4-10(14)6-12(11)16/h4-6,8-9,16H,2-3,7H2,1H3,(H,15,17)/t8-/m1/s1. The number of nitrogens with one attached hydrogen (secondary N) is 1. The van der Waals surface area contributed by atoms with Crippen molar-refractivity contribution in [2.24, 2.45) is 5.92 Å². The van der Waals surface area contributed by atoms with Crippen LogP contribution in [0.2, 0.25) is 5.02 Å². The Balaban J connectivity index is 1.88. The van der Waals surface area contributed by atoms with Gasteiger partial charge >= 0.3 is 0 Å².